The Kier molecular flexibility index (Phi) is 6.27. The first-order valence-electron chi connectivity index (χ1n) is 9.44. The van der Waals surface area contributed by atoms with Crippen LogP contribution < -0.4 is 5.32 Å². The van der Waals surface area contributed by atoms with E-state index in [4.69, 9.17) is 4.74 Å². The van der Waals surface area contributed by atoms with Gasteiger partial charge in [0.1, 0.15) is 0 Å². The second-order valence-corrected chi connectivity index (χ2v) is 7.14. The Morgan fingerprint density at radius 1 is 1.08 bits per heavy atom. The average molecular weight is 360 g/mol. The van der Waals surface area contributed by atoms with E-state index in [0.717, 1.165) is 39.1 Å². The molecule has 1 N–H and O–H groups in total. The second kappa shape index (κ2) is 8.64. The van der Waals surface area contributed by atoms with Crippen LogP contribution in [0.15, 0.2) is 24.3 Å². The molecule has 26 heavy (non-hydrogen) atoms. The lowest BCUT2D eigenvalue weighted by molar-refractivity contribution is -0.0361. The van der Waals surface area contributed by atoms with Gasteiger partial charge in [0.25, 0.3) is 5.91 Å². The van der Waals surface area contributed by atoms with E-state index in [1.807, 2.05) is 0 Å². The van der Waals surface area contributed by atoms with Gasteiger partial charge in [0.15, 0.2) is 0 Å². The molecule has 6 nitrogen and oxygen atoms in total. The van der Waals surface area contributed by atoms with Gasteiger partial charge in [-0.3, -0.25) is 9.69 Å². The summed E-state index contributed by atoms with van der Waals surface area (Å²) in [6, 6.07) is 6.59. The molecule has 0 radical (unpaired) electrons. The standard InChI is InChI=1S/C20H28N2O4/c1-25-19(24)17-7-5-16(6-8-17)18(23)21-15-20(9-3-2-4-10-20)22-11-13-26-14-12-22/h5-8H,2-4,9-15H2,1H3,(H,21,23). The van der Waals surface area contributed by atoms with Gasteiger partial charge < -0.3 is 14.8 Å². The Balaban J connectivity index is 1.64. The van der Waals surface area contributed by atoms with E-state index in [1.165, 1.54) is 26.4 Å². The quantitative estimate of drug-likeness (QED) is 0.816. The van der Waals surface area contributed by atoms with Gasteiger partial charge in [-0.05, 0) is 37.1 Å². The molecule has 2 aliphatic rings. The topological polar surface area (TPSA) is 67.9 Å². The Hall–Kier alpha value is -1.92. The monoisotopic (exact) mass is 360 g/mol. The maximum atomic E-state index is 12.6. The lowest BCUT2D eigenvalue weighted by atomic mass is 9.79. The molecule has 3 rings (SSSR count). The summed E-state index contributed by atoms with van der Waals surface area (Å²) in [5, 5.41) is 3.13. The molecule has 1 heterocycles. The molecule has 1 amide bonds. The summed E-state index contributed by atoms with van der Waals surface area (Å²) in [7, 11) is 1.35. The molecule has 2 fully saturated rings. The molecule has 0 unspecified atom stereocenters. The normalized spacial score (nSPS) is 20.3. The average Bonchev–Trinajstić information content (AvgIpc) is 2.73. The maximum Gasteiger partial charge on any atom is 0.337 e. The van der Waals surface area contributed by atoms with Crippen LogP contribution in [0.5, 0.6) is 0 Å². The number of esters is 1. The number of ether oxygens (including phenoxy) is 2. The van der Waals surface area contributed by atoms with Crippen molar-refractivity contribution in [1.29, 1.82) is 0 Å². The van der Waals surface area contributed by atoms with Crippen molar-refractivity contribution in [1.82, 2.24) is 10.2 Å². The van der Waals surface area contributed by atoms with Gasteiger partial charge in [0, 0.05) is 30.7 Å². The van der Waals surface area contributed by atoms with E-state index in [9.17, 15) is 9.59 Å². The smallest absolute Gasteiger partial charge is 0.337 e. The molecule has 1 saturated heterocycles. The fraction of sp³-hybridized carbons (Fsp3) is 0.600. The van der Waals surface area contributed by atoms with Crippen LogP contribution >= 0.6 is 0 Å². The number of methoxy groups -OCH3 is 1. The van der Waals surface area contributed by atoms with Crippen molar-refractivity contribution >= 4 is 11.9 Å². The van der Waals surface area contributed by atoms with Gasteiger partial charge in [-0.15, -0.1) is 0 Å². The number of amides is 1. The minimum atomic E-state index is -0.398. The number of carbonyl (C=O) groups is 2. The zero-order valence-corrected chi connectivity index (χ0v) is 15.5. The molecular formula is C20H28N2O4. The highest BCUT2D eigenvalue weighted by Crippen LogP contribution is 2.33. The van der Waals surface area contributed by atoms with E-state index in [1.54, 1.807) is 24.3 Å². The third-order valence-corrected chi connectivity index (χ3v) is 5.61. The lowest BCUT2D eigenvalue weighted by Gasteiger charge is -2.48. The molecule has 1 aliphatic heterocycles. The van der Waals surface area contributed by atoms with Crippen LogP contribution in [-0.2, 0) is 9.47 Å². The number of hydrogen-bond acceptors (Lipinski definition) is 5. The Bertz CT molecular complexity index is 617. The van der Waals surface area contributed by atoms with Crippen molar-refractivity contribution in [2.24, 2.45) is 0 Å². The van der Waals surface area contributed by atoms with Crippen molar-refractivity contribution in [3.05, 3.63) is 35.4 Å². The van der Waals surface area contributed by atoms with Crippen LogP contribution in [-0.4, -0.2) is 62.3 Å². The molecule has 1 aromatic carbocycles. The SMILES string of the molecule is COC(=O)c1ccc(C(=O)NCC2(N3CCOCC3)CCCCC2)cc1. The van der Waals surface area contributed by atoms with E-state index < -0.39 is 5.97 Å². The second-order valence-electron chi connectivity index (χ2n) is 7.14. The first-order chi connectivity index (χ1) is 12.6. The van der Waals surface area contributed by atoms with Crippen molar-refractivity contribution in [2.75, 3.05) is 40.0 Å². The van der Waals surface area contributed by atoms with Crippen LogP contribution in [0.25, 0.3) is 0 Å². The summed E-state index contributed by atoms with van der Waals surface area (Å²) in [4.78, 5) is 26.6. The molecule has 142 valence electrons. The van der Waals surface area contributed by atoms with Crippen LogP contribution in [0.2, 0.25) is 0 Å². The van der Waals surface area contributed by atoms with Crippen molar-refractivity contribution < 1.29 is 19.1 Å². The molecule has 0 atom stereocenters. The summed E-state index contributed by atoms with van der Waals surface area (Å²) >= 11 is 0. The predicted octanol–water partition coefficient (Wildman–Crippen LogP) is 2.24. The van der Waals surface area contributed by atoms with Gasteiger partial charge in [0.2, 0.25) is 0 Å². The third-order valence-electron chi connectivity index (χ3n) is 5.61. The van der Waals surface area contributed by atoms with Gasteiger partial charge in [-0.1, -0.05) is 19.3 Å². The van der Waals surface area contributed by atoms with Crippen molar-refractivity contribution in [3.63, 3.8) is 0 Å². The highest BCUT2D eigenvalue weighted by atomic mass is 16.5. The van der Waals surface area contributed by atoms with Gasteiger partial charge >= 0.3 is 5.97 Å². The summed E-state index contributed by atoms with van der Waals surface area (Å²) in [6.07, 6.45) is 5.93. The van der Waals surface area contributed by atoms with E-state index in [0.29, 0.717) is 17.7 Å². The summed E-state index contributed by atoms with van der Waals surface area (Å²) in [6.45, 7) is 4.06. The fourth-order valence-electron chi connectivity index (χ4n) is 4.07. The number of benzene rings is 1. The minimum Gasteiger partial charge on any atom is -0.465 e. The highest BCUT2D eigenvalue weighted by molar-refractivity contribution is 5.96. The summed E-state index contributed by atoms with van der Waals surface area (Å²) < 4.78 is 10.2. The van der Waals surface area contributed by atoms with Crippen LogP contribution in [0, 0.1) is 0 Å². The van der Waals surface area contributed by atoms with E-state index in [2.05, 4.69) is 15.0 Å². The Morgan fingerprint density at radius 3 is 2.31 bits per heavy atom. The van der Waals surface area contributed by atoms with E-state index >= 15 is 0 Å². The zero-order chi connectivity index (χ0) is 18.4. The number of carbonyl (C=O) groups excluding carboxylic acids is 2. The number of rotatable bonds is 5. The van der Waals surface area contributed by atoms with Gasteiger partial charge in [0.05, 0.1) is 25.9 Å². The van der Waals surface area contributed by atoms with Gasteiger partial charge in [-0.2, -0.15) is 0 Å². The van der Waals surface area contributed by atoms with Gasteiger partial charge in [-0.25, -0.2) is 4.79 Å². The molecule has 1 aliphatic carbocycles. The van der Waals surface area contributed by atoms with Crippen LogP contribution in [0.4, 0.5) is 0 Å². The minimum absolute atomic E-state index is 0.0453. The molecule has 0 spiro atoms. The third kappa shape index (κ3) is 4.24. The van der Waals surface area contributed by atoms with Crippen molar-refractivity contribution in [3.8, 4) is 0 Å². The summed E-state index contributed by atoms with van der Waals surface area (Å²) in [5.74, 6) is -0.495. The lowest BCUT2D eigenvalue weighted by Crippen LogP contribution is -2.59. The molecular weight excluding hydrogens is 332 g/mol. The zero-order valence-electron chi connectivity index (χ0n) is 15.5. The first kappa shape index (κ1) is 18.9. The summed E-state index contributed by atoms with van der Waals surface area (Å²) in [5.41, 5.74) is 1.05. The number of morpholine rings is 1. The number of nitrogens with one attached hydrogen (secondary N) is 1. The Labute approximate surface area is 154 Å². The van der Waals surface area contributed by atoms with Crippen LogP contribution in [0.3, 0.4) is 0 Å². The molecule has 1 aromatic rings. The molecule has 1 saturated carbocycles. The maximum absolute atomic E-state index is 12.6. The molecule has 6 heteroatoms. The highest BCUT2D eigenvalue weighted by Gasteiger charge is 2.38. The van der Waals surface area contributed by atoms with Crippen molar-refractivity contribution in [2.45, 2.75) is 37.6 Å². The number of hydrogen-bond donors (Lipinski definition) is 1. The fourth-order valence-corrected chi connectivity index (χ4v) is 4.07. The molecule has 0 bridgehead atoms. The predicted molar refractivity (Wildman–Crippen MR) is 98.3 cm³/mol. The largest absolute Gasteiger partial charge is 0.465 e. The van der Waals surface area contributed by atoms with Crippen LogP contribution in [0.1, 0.15) is 52.8 Å². The van der Waals surface area contributed by atoms with E-state index in [-0.39, 0.29) is 11.4 Å². The number of nitrogens with zero attached hydrogens (tertiary/aromatic N) is 1. The Morgan fingerprint density at radius 2 is 1.69 bits per heavy atom. The first-order valence-corrected chi connectivity index (χ1v) is 9.44. The molecule has 0 aromatic heterocycles.